The highest BCUT2D eigenvalue weighted by Gasteiger charge is 2.26. The first-order chi connectivity index (χ1) is 11.1. The van der Waals surface area contributed by atoms with Crippen molar-refractivity contribution in [1.29, 1.82) is 0 Å². The average molecular weight is 355 g/mol. The second-order valence-corrected chi connectivity index (χ2v) is 8.56. The summed E-state index contributed by atoms with van der Waals surface area (Å²) in [7, 11) is -3.59. The number of nitrogens with zero attached hydrogens (tertiary/aromatic N) is 1. The molecule has 0 aliphatic rings. The fourth-order valence-electron chi connectivity index (χ4n) is 2.79. The molecule has 0 heterocycles. The van der Waals surface area contributed by atoms with Crippen LogP contribution >= 0.6 is 0 Å². The van der Waals surface area contributed by atoms with Crippen molar-refractivity contribution in [2.24, 2.45) is 0 Å². The zero-order valence-electron chi connectivity index (χ0n) is 15.6. The minimum atomic E-state index is -3.59. The van der Waals surface area contributed by atoms with E-state index in [4.69, 9.17) is 0 Å². The zero-order valence-corrected chi connectivity index (χ0v) is 16.5. The van der Waals surface area contributed by atoms with Gasteiger partial charge in [0.1, 0.15) is 0 Å². The van der Waals surface area contributed by atoms with Crippen LogP contribution in [0.5, 0.6) is 0 Å². The van der Waals surface area contributed by atoms with Crippen LogP contribution in [0.2, 0.25) is 0 Å². The van der Waals surface area contributed by atoms with Crippen LogP contribution in [0.3, 0.4) is 0 Å². The van der Waals surface area contributed by atoms with Crippen molar-refractivity contribution in [3.05, 3.63) is 29.3 Å². The minimum absolute atomic E-state index is 0.201. The van der Waals surface area contributed by atoms with Gasteiger partial charge in [-0.05, 0) is 44.9 Å². The molecule has 0 aromatic heterocycles. The molecule has 0 aliphatic heterocycles. The van der Waals surface area contributed by atoms with Crippen molar-refractivity contribution in [3.8, 4) is 0 Å². The van der Waals surface area contributed by atoms with Gasteiger partial charge < -0.3 is 5.32 Å². The Hall–Kier alpha value is -1.40. The number of amides is 1. The maximum Gasteiger partial charge on any atom is 0.251 e. The van der Waals surface area contributed by atoms with E-state index in [2.05, 4.69) is 12.2 Å². The Morgan fingerprint density at radius 1 is 1.17 bits per heavy atom. The number of carbonyl (C=O) groups excluding carboxylic acids is 1. The lowest BCUT2D eigenvalue weighted by Crippen LogP contribution is -2.43. The van der Waals surface area contributed by atoms with E-state index in [9.17, 15) is 13.2 Å². The molecule has 0 atom stereocenters. The predicted molar refractivity (Wildman–Crippen MR) is 97.7 cm³/mol. The van der Waals surface area contributed by atoms with Gasteiger partial charge in [-0.1, -0.05) is 33.3 Å². The Balaban J connectivity index is 3.21. The van der Waals surface area contributed by atoms with Crippen LogP contribution in [-0.2, 0) is 10.0 Å². The first-order valence-corrected chi connectivity index (χ1v) is 9.96. The molecule has 6 heteroatoms. The number of aryl methyl sites for hydroxylation is 1. The van der Waals surface area contributed by atoms with E-state index in [1.807, 2.05) is 13.8 Å². The summed E-state index contributed by atoms with van der Waals surface area (Å²) in [5, 5.41) is 2.98. The van der Waals surface area contributed by atoms with Gasteiger partial charge in [0.2, 0.25) is 10.0 Å². The maximum absolute atomic E-state index is 12.8. The van der Waals surface area contributed by atoms with Gasteiger partial charge in [-0.3, -0.25) is 4.79 Å². The number of hydrogen-bond acceptors (Lipinski definition) is 3. The molecule has 0 spiro atoms. The molecule has 0 aliphatic carbocycles. The third kappa shape index (κ3) is 4.80. The maximum atomic E-state index is 12.8. The molecule has 1 aromatic carbocycles. The van der Waals surface area contributed by atoms with Crippen LogP contribution in [0.25, 0.3) is 0 Å². The molecule has 136 valence electrons. The first kappa shape index (κ1) is 20.6. The van der Waals surface area contributed by atoms with E-state index in [-0.39, 0.29) is 16.3 Å². The summed E-state index contributed by atoms with van der Waals surface area (Å²) in [5.41, 5.74) is 0.691. The van der Waals surface area contributed by atoms with Gasteiger partial charge in [0.15, 0.2) is 0 Å². The third-order valence-electron chi connectivity index (χ3n) is 4.10. The molecule has 0 radical (unpaired) electrons. The Labute approximate surface area is 146 Å². The highest BCUT2D eigenvalue weighted by molar-refractivity contribution is 7.89. The summed E-state index contributed by atoms with van der Waals surface area (Å²) in [4.78, 5) is 12.7. The lowest BCUT2D eigenvalue weighted by atomic mass is 9.98. The monoisotopic (exact) mass is 354 g/mol. The number of nitrogens with one attached hydrogen (secondary N) is 1. The second-order valence-electron chi connectivity index (χ2n) is 6.66. The largest absolute Gasteiger partial charge is 0.347 e. The molecule has 1 aromatic rings. The van der Waals surface area contributed by atoms with Crippen LogP contribution in [0.4, 0.5) is 0 Å². The molecule has 0 fully saturated rings. The van der Waals surface area contributed by atoms with E-state index in [1.165, 1.54) is 10.4 Å². The van der Waals surface area contributed by atoms with Gasteiger partial charge in [-0.25, -0.2) is 8.42 Å². The van der Waals surface area contributed by atoms with Gasteiger partial charge in [0.05, 0.1) is 4.90 Å². The van der Waals surface area contributed by atoms with Crippen molar-refractivity contribution in [3.63, 3.8) is 0 Å². The highest BCUT2D eigenvalue weighted by atomic mass is 32.2. The standard InChI is InChI=1S/C18H30N2O3S/c1-7-12-18(5,6)19-17(21)15-11-10-14(4)16(13-15)24(22,23)20(8-2)9-3/h10-11,13H,7-9,12H2,1-6H3,(H,19,21). The van der Waals surface area contributed by atoms with Crippen molar-refractivity contribution in [2.45, 2.75) is 64.8 Å². The van der Waals surface area contributed by atoms with Crippen molar-refractivity contribution in [2.75, 3.05) is 13.1 Å². The minimum Gasteiger partial charge on any atom is -0.347 e. The molecule has 0 bridgehead atoms. The lowest BCUT2D eigenvalue weighted by molar-refractivity contribution is 0.0909. The summed E-state index contributed by atoms with van der Waals surface area (Å²) >= 11 is 0. The van der Waals surface area contributed by atoms with Gasteiger partial charge in [0, 0.05) is 24.2 Å². The van der Waals surface area contributed by atoms with Crippen LogP contribution in [0, 0.1) is 6.92 Å². The molecule has 1 amide bonds. The van der Waals surface area contributed by atoms with Crippen LogP contribution < -0.4 is 5.32 Å². The van der Waals surface area contributed by atoms with E-state index >= 15 is 0 Å². The van der Waals surface area contributed by atoms with Crippen LogP contribution in [0.15, 0.2) is 23.1 Å². The zero-order chi connectivity index (χ0) is 18.5. The molecular formula is C18H30N2O3S. The average Bonchev–Trinajstić information content (AvgIpc) is 2.47. The molecule has 1 rings (SSSR count). The quantitative estimate of drug-likeness (QED) is 0.778. The number of sulfonamides is 1. The molecule has 0 unspecified atom stereocenters. The van der Waals surface area contributed by atoms with Gasteiger partial charge in [-0.2, -0.15) is 4.31 Å². The summed E-state index contributed by atoms with van der Waals surface area (Å²) in [6.45, 7) is 12.2. The van der Waals surface area contributed by atoms with E-state index < -0.39 is 10.0 Å². The molecule has 1 N–H and O–H groups in total. The van der Waals surface area contributed by atoms with Gasteiger partial charge in [-0.15, -0.1) is 0 Å². The fourth-order valence-corrected chi connectivity index (χ4v) is 4.50. The van der Waals surface area contributed by atoms with Crippen molar-refractivity contribution in [1.82, 2.24) is 9.62 Å². The Kier molecular flexibility index (Phi) is 6.98. The number of benzene rings is 1. The Bertz CT molecular complexity index is 678. The summed E-state index contributed by atoms with van der Waals surface area (Å²) in [6.07, 6.45) is 1.82. The van der Waals surface area contributed by atoms with E-state index in [1.54, 1.807) is 32.9 Å². The normalized spacial score (nSPS) is 12.5. The van der Waals surface area contributed by atoms with Crippen LogP contribution in [-0.4, -0.2) is 37.3 Å². The highest BCUT2D eigenvalue weighted by Crippen LogP contribution is 2.22. The third-order valence-corrected chi connectivity index (χ3v) is 6.29. The van der Waals surface area contributed by atoms with E-state index in [0.29, 0.717) is 24.2 Å². The Morgan fingerprint density at radius 2 is 1.75 bits per heavy atom. The second kappa shape index (κ2) is 8.12. The topological polar surface area (TPSA) is 66.5 Å². The lowest BCUT2D eigenvalue weighted by Gasteiger charge is -2.26. The van der Waals surface area contributed by atoms with Gasteiger partial charge >= 0.3 is 0 Å². The molecule has 24 heavy (non-hydrogen) atoms. The molecule has 0 saturated heterocycles. The van der Waals surface area contributed by atoms with Crippen LogP contribution in [0.1, 0.15) is 63.4 Å². The van der Waals surface area contributed by atoms with Gasteiger partial charge in [0.25, 0.3) is 5.91 Å². The summed E-state index contributed by atoms with van der Waals surface area (Å²) in [5.74, 6) is -0.246. The fraction of sp³-hybridized carbons (Fsp3) is 0.611. The molecular weight excluding hydrogens is 324 g/mol. The number of rotatable bonds is 8. The molecule has 5 nitrogen and oxygen atoms in total. The first-order valence-electron chi connectivity index (χ1n) is 8.52. The number of hydrogen-bond donors (Lipinski definition) is 1. The van der Waals surface area contributed by atoms with E-state index in [0.717, 1.165) is 12.8 Å². The Morgan fingerprint density at radius 3 is 2.25 bits per heavy atom. The van der Waals surface area contributed by atoms with Crippen molar-refractivity contribution >= 4 is 15.9 Å². The summed E-state index contributed by atoms with van der Waals surface area (Å²) < 4.78 is 26.9. The summed E-state index contributed by atoms with van der Waals surface area (Å²) in [6, 6.07) is 4.85. The SMILES string of the molecule is CCCC(C)(C)NC(=O)c1ccc(C)c(S(=O)(=O)N(CC)CC)c1. The van der Waals surface area contributed by atoms with Crippen molar-refractivity contribution < 1.29 is 13.2 Å². The predicted octanol–water partition coefficient (Wildman–Crippen LogP) is 3.33. The number of carbonyl (C=O) groups is 1. The molecule has 0 saturated carbocycles. The smallest absolute Gasteiger partial charge is 0.251 e.